The van der Waals surface area contributed by atoms with Gasteiger partial charge in [0, 0.05) is 36.0 Å². The number of hydrogen-bond acceptors (Lipinski definition) is 5. The van der Waals surface area contributed by atoms with Crippen molar-refractivity contribution in [1.82, 2.24) is 4.90 Å². The highest BCUT2D eigenvalue weighted by Crippen LogP contribution is 2.76. The summed E-state index contributed by atoms with van der Waals surface area (Å²) in [5.74, 6) is 2.05. The van der Waals surface area contributed by atoms with Crippen LogP contribution < -0.4 is 9.47 Å². The van der Waals surface area contributed by atoms with E-state index in [0.717, 1.165) is 63.0 Å². The van der Waals surface area contributed by atoms with Crippen molar-refractivity contribution in [3.8, 4) is 11.5 Å². The third kappa shape index (κ3) is 2.09. The van der Waals surface area contributed by atoms with Crippen LogP contribution in [0.25, 0.3) is 0 Å². The van der Waals surface area contributed by atoms with Crippen LogP contribution in [0.15, 0.2) is 12.1 Å². The largest absolute Gasteiger partial charge is 0.493 e. The topological polar surface area (TPSA) is 48.0 Å². The third-order valence-corrected chi connectivity index (χ3v) is 9.99. The van der Waals surface area contributed by atoms with Gasteiger partial charge in [0.05, 0.1) is 13.0 Å². The predicted molar refractivity (Wildman–Crippen MR) is 118 cm³/mol. The summed E-state index contributed by atoms with van der Waals surface area (Å²) in [7, 11) is 5.85. The second-order valence-electron chi connectivity index (χ2n) is 10.7. The van der Waals surface area contributed by atoms with Crippen LogP contribution >= 0.6 is 0 Å². The van der Waals surface area contributed by atoms with Crippen LogP contribution in [0.5, 0.6) is 11.5 Å². The Kier molecular flexibility index (Phi) is 4.19. The zero-order valence-corrected chi connectivity index (χ0v) is 19.3. The SMILES string of the molecule is CCCC(=O)[C@H]1C[C@@]23CC[C@]1(OC)[C@@H]1Oc4c(OC)ccc5c4[C@@]12CCN(C)[C@@H]3CC5. The Morgan fingerprint density at radius 3 is 2.84 bits per heavy atom. The molecule has 2 heterocycles. The van der Waals surface area contributed by atoms with Crippen molar-refractivity contribution in [3.63, 3.8) is 0 Å². The number of benzene rings is 1. The monoisotopic (exact) mass is 425 g/mol. The number of carbonyl (C=O) groups excluding carboxylic acids is 1. The first-order valence-electron chi connectivity index (χ1n) is 12.1. The Labute approximate surface area is 185 Å². The van der Waals surface area contributed by atoms with Gasteiger partial charge in [-0.25, -0.2) is 0 Å². The molecule has 1 aromatic rings. The number of Topliss-reactive ketones (excluding diaryl/α,β-unsaturated/α-hetero) is 1. The van der Waals surface area contributed by atoms with Gasteiger partial charge in [-0.15, -0.1) is 0 Å². The molecule has 0 amide bonds. The highest BCUT2D eigenvalue weighted by atomic mass is 16.6. The molecule has 7 rings (SSSR count). The zero-order valence-electron chi connectivity index (χ0n) is 19.3. The molecule has 0 N–H and O–H groups in total. The van der Waals surface area contributed by atoms with E-state index in [0.29, 0.717) is 18.2 Å². The molecule has 1 aromatic carbocycles. The molecule has 2 aliphatic heterocycles. The molecule has 6 atom stereocenters. The van der Waals surface area contributed by atoms with Gasteiger partial charge in [0.1, 0.15) is 17.5 Å². The van der Waals surface area contributed by atoms with E-state index in [1.807, 2.05) is 7.11 Å². The minimum Gasteiger partial charge on any atom is -0.493 e. The van der Waals surface area contributed by atoms with E-state index in [1.54, 1.807) is 7.11 Å². The minimum atomic E-state index is -0.542. The highest BCUT2D eigenvalue weighted by molar-refractivity contribution is 5.83. The quantitative estimate of drug-likeness (QED) is 0.716. The molecule has 168 valence electrons. The van der Waals surface area contributed by atoms with Crippen LogP contribution in [0, 0.1) is 11.3 Å². The van der Waals surface area contributed by atoms with Crippen molar-refractivity contribution in [3.05, 3.63) is 23.3 Å². The summed E-state index contributed by atoms with van der Waals surface area (Å²) in [4.78, 5) is 16.1. The lowest BCUT2D eigenvalue weighted by Crippen LogP contribution is -2.79. The van der Waals surface area contributed by atoms with Crippen LogP contribution in [0.4, 0.5) is 0 Å². The standard InChI is InChI=1S/C26H35NO4/c1-5-6-18(28)17-15-24-11-12-26(17,30-4)23-25(24)13-14-27(2)20(24)10-8-16-7-9-19(29-3)22(31-23)21(16)25/h7,9,17,20,23H,5-6,8,10-15H2,1-4H3/t17-,20-,23-,24-,25+,26-/m1/s1. The fourth-order valence-corrected chi connectivity index (χ4v) is 8.89. The van der Waals surface area contributed by atoms with Crippen molar-refractivity contribution in [2.75, 3.05) is 27.8 Å². The van der Waals surface area contributed by atoms with Crippen LogP contribution in [-0.2, 0) is 21.4 Å². The number of methoxy groups -OCH3 is 2. The van der Waals surface area contributed by atoms with Crippen molar-refractivity contribution in [1.29, 1.82) is 0 Å². The number of aryl methyl sites for hydroxylation is 1. The van der Waals surface area contributed by atoms with Gasteiger partial charge in [0.2, 0.25) is 0 Å². The van der Waals surface area contributed by atoms with E-state index >= 15 is 0 Å². The highest BCUT2D eigenvalue weighted by Gasteiger charge is 2.80. The minimum absolute atomic E-state index is 0.0574. The summed E-state index contributed by atoms with van der Waals surface area (Å²) in [5.41, 5.74) is 2.25. The Morgan fingerprint density at radius 1 is 1.26 bits per heavy atom. The molecule has 0 unspecified atom stereocenters. The maximum Gasteiger partial charge on any atom is 0.165 e. The lowest BCUT2D eigenvalue weighted by Gasteiger charge is -2.71. The van der Waals surface area contributed by atoms with Gasteiger partial charge < -0.3 is 19.1 Å². The molecule has 5 heteroatoms. The van der Waals surface area contributed by atoms with Gasteiger partial charge in [-0.2, -0.15) is 0 Å². The number of carbonyl (C=O) groups is 1. The maximum absolute atomic E-state index is 13.5. The number of rotatable bonds is 5. The molecule has 2 spiro atoms. The smallest absolute Gasteiger partial charge is 0.165 e. The summed E-state index contributed by atoms with van der Waals surface area (Å²) in [5, 5.41) is 0. The Bertz CT molecular complexity index is 946. The van der Waals surface area contributed by atoms with E-state index in [9.17, 15) is 4.79 Å². The number of fused-ring (bicyclic) bond motifs is 2. The van der Waals surface area contributed by atoms with E-state index in [-0.39, 0.29) is 22.9 Å². The molecule has 0 radical (unpaired) electrons. The molecule has 4 aliphatic carbocycles. The number of piperidine rings is 1. The van der Waals surface area contributed by atoms with E-state index < -0.39 is 5.60 Å². The number of nitrogens with zero attached hydrogens (tertiary/aromatic N) is 1. The number of hydrogen-bond donors (Lipinski definition) is 0. The lowest BCUT2D eigenvalue weighted by molar-refractivity contribution is -0.267. The van der Waals surface area contributed by atoms with Gasteiger partial charge in [-0.05, 0) is 70.2 Å². The van der Waals surface area contributed by atoms with E-state index in [2.05, 4.69) is 31.0 Å². The van der Waals surface area contributed by atoms with Crippen LogP contribution in [0.1, 0.15) is 63.0 Å². The summed E-state index contributed by atoms with van der Waals surface area (Å²) < 4.78 is 19.2. The van der Waals surface area contributed by atoms with Crippen LogP contribution in [0.2, 0.25) is 0 Å². The van der Waals surface area contributed by atoms with E-state index in [1.165, 1.54) is 11.1 Å². The van der Waals surface area contributed by atoms with Crippen molar-refractivity contribution < 1.29 is 19.0 Å². The Hall–Kier alpha value is -1.59. The third-order valence-electron chi connectivity index (χ3n) is 9.99. The number of ether oxygens (including phenoxy) is 3. The average molecular weight is 426 g/mol. The van der Waals surface area contributed by atoms with Crippen molar-refractivity contribution >= 4 is 5.78 Å². The second kappa shape index (κ2) is 6.48. The van der Waals surface area contributed by atoms with Crippen molar-refractivity contribution in [2.45, 2.75) is 81.5 Å². The molecular formula is C26H35NO4. The first-order valence-corrected chi connectivity index (χ1v) is 12.1. The first kappa shape index (κ1) is 20.0. The molecular weight excluding hydrogens is 390 g/mol. The maximum atomic E-state index is 13.5. The van der Waals surface area contributed by atoms with Gasteiger partial charge >= 0.3 is 0 Å². The molecule has 31 heavy (non-hydrogen) atoms. The Balaban J connectivity index is 1.65. The zero-order chi connectivity index (χ0) is 21.6. The van der Waals surface area contributed by atoms with Gasteiger partial charge in [0.15, 0.2) is 11.5 Å². The van der Waals surface area contributed by atoms with Gasteiger partial charge in [-0.1, -0.05) is 13.0 Å². The molecule has 6 aliphatic rings. The molecule has 4 fully saturated rings. The van der Waals surface area contributed by atoms with Crippen molar-refractivity contribution in [2.24, 2.45) is 11.3 Å². The fourth-order valence-electron chi connectivity index (χ4n) is 8.89. The summed E-state index contributed by atoms with van der Waals surface area (Å²) in [6.45, 7) is 3.17. The molecule has 3 saturated carbocycles. The fraction of sp³-hybridized carbons (Fsp3) is 0.731. The Morgan fingerprint density at radius 2 is 2.10 bits per heavy atom. The average Bonchev–Trinajstić information content (AvgIpc) is 3.12. The van der Waals surface area contributed by atoms with Crippen LogP contribution in [0.3, 0.4) is 0 Å². The van der Waals surface area contributed by atoms with Crippen LogP contribution in [-0.4, -0.2) is 56.2 Å². The summed E-state index contributed by atoms with van der Waals surface area (Å²) in [6, 6.07) is 4.83. The van der Waals surface area contributed by atoms with E-state index in [4.69, 9.17) is 14.2 Å². The first-order chi connectivity index (χ1) is 15.0. The lowest BCUT2D eigenvalue weighted by atomic mass is 9.36. The summed E-state index contributed by atoms with van der Waals surface area (Å²) >= 11 is 0. The molecule has 5 nitrogen and oxygen atoms in total. The number of ketones is 1. The predicted octanol–water partition coefficient (Wildman–Crippen LogP) is 3.90. The molecule has 0 aromatic heterocycles. The molecule has 4 bridgehead atoms. The van der Waals surface area contributed by atoms with Gasteiger partial charge in [0.25, 0.3) is 0 Å². The molecule has 1 saturated heterocycles. The normalized spacial score (nSPS) is 42.0. The second-order valence-corrected chi connectivity index (χ2v) is 10.7. The summed E-state index contributed by atoms with van der Waals surface area (Å²) in [6.07, 6.45) is 7.65. The number of likely N-dealkylation sites (tertiary alicyclic amines) is 1. The van der Waals surface area contributed by atoms with Gasteiger partial charge in [-0.3, -0.25) is 4.79 Å².